The van der Waals surface area contributed by atoms with Crippen LogP contribution in [0.1, 0.15) is 26.7 Å². The number of hydrazone groups is 1. The van der Waals surface area contributed by atoms with E-state index < -0.39 is 5.23 Å². The second kappa shape index (κ2) is 7.65. The number of nitrogens with zero attached hydrogens (tertiary/aromatic N) is 3. The Morgan fingerprint density at radius 2 is 1.95 bits per heavy atom. The molecule has 0 saturated carbocycles. The fourth-order valence-electron chi connectivity index (χ4n) is 1.61. The lowest BCUT2D eigenvalue weighted by Gasteiger charge is -2.37. The maximum absolute atomic E-state index is 10.6. The minimum absolute atomic E-state index is 0.152. The quantitative estimate of drug-likeness (QED) is 0.519. The SMILES string of the molecule is CCC(C=NNc1ccc(N([O-])[O-])cc1N(O)O)CC. The Labute approximate surface area is 117 Å². The monoisotopic (exact) mass is 282 g/mol. The van der Waals surface area contributed by atoms with Gasteiger partial charge in [-0.3, -0.25) is 15.8 Å². The van der Waals surface area contributed by atoms with E-state index in [2.05, 4.69) is 10.5 Å². The van der Waals surface area contributed by atoms with Gasteiger partial charge in [-0.25, -0.2) is 0 Å². The molecule has 3 N–H and O–H groups in total. The number of hydrogen-bond acceptors (Lipinski definition) is 8. The first-order valence-electron chi connectivity index (χ1n) is 6.25. The van der Waals surface area contributed by atoms with Gasteiger partial charge in [0.25, 0.3) is 0 Å². The molecule has 0 bridgehead atoms. The molecule has 1 aromatic carbocycles. The van der Waals surface area contributed by atoms with E-state index in [1.54, 1.807) is 6.21 Å². The molecule has 0 radical (unpaired) electrons. The van der Waals surface area contributed by atoms with Gasteiger partial charge in [-0.1, -0.05) is 13.8 Å². The van der Waals surface area contributed by atoms with Gasteiger partial charge in [-0.2, -0.15) is 5.10 Å². The third kappa shape index (κ3) is 4.35. The van der Waals surface area contributed by atoms with Gasteiger partial charge in [0.1, 0.15) is 5.69 Å². The molecule has 0 fully saturated rings. The van der Waals surface area contributed by atoms with Crippen molar-refractivity contribution in [2.75, 3.05) is 15.9 Å². The molecule has 0 aromatic heterocycles. The summed E-state index contributed by atoms with van der Waals surface area (Å²) in [4.78, 5) is 0. The largest absolute Gasteiger partial charge is 0.769 e. The summed E-state index contributed by atoms with van der Waals surface area (Å²) in [5.41, 5.74) is 2.50. The highest BCUT2D eigenvalue weighted by Crippen LogP contribution is 2.29. The summed E-state index contributed by atoms with van der Waals surface area (Å²) in [5.74, 6) is 0.323. The third-order valence-corrected chi connectivity index (χ3v) is 2.93. The highest BCUT2D eigenvalue weighted by molar-refractivity contribution is 5.74. The number of rotatable bonds is 7. The maximum Gasteiger partial charge on any atom is 0.121 e. The lowest BCUT2D eigenvalue weighted by Crippen LogP contribution is -2.14. The lowest BCUT2D eigenvalue weighted by molar-refractivity contribution is 0.0295. The Morgan fingerprint density at radius 1 is 1.30 bits per heavy atom. The summed E-state index contributed by atoms with van der Waals surface area (Å²) in [5, 5.41) is 42.7. The first kappa shape index (κ1) is 16.2. The van der Waals surface area contributed by atoms with E-state index in [0.717, 1.165) is 18.9 Å². The van der Waals surface area contributed by atoms with Gasteiger partial charge in [-0.05, 0) is 37.0 Å². The standard InChI is InChI=1S/C12H18N4O4/c1-3-9(4-2)8-13-14-11-6-5-10(15(17)18)7-12(11)16(19)20/h5-9,14,19-20H,3-4H2,1-2H3/q-2. The molecule has 8 heteroatoms. The molecule has 0 spiro atoms. The van der Waals surface area contributed by atoms with Gasteiger partial charge in [0.2, 0.25) is 0 Å². The minimum atomic E-state index is -0.621. The molecule has 0 aliphatic rings. The van der Waals surface area contributed by atoms with Crippen molar-refractivity contribution in [2.45, 2.75) is 26.7 Å². The summed E-state index contributed by atoms with van der Waals surface area (Å²) in [6, 6.07) is 3.65. The van der Waals surface area contributed by atoms with E-state index in [4.69, 9.17) is 10.4 Å². The van der Waals surface area contributed by atoms with Gasteiger partial charge < -0.3 is 15.6 Å². The summed E-state index contributed by atoms with van der Waals surface area (Å²) < 4.78 is 0. The zero-order chi connectivity index (χ0) is 15.1. The van der Waals surface area contributed by atoms with Crippen LogP contribution in [0.3, 0.4) is 0 Å². The molecule has 8 nitrogen and oxygen atoms in total. The Morgan fingerprint density at radius 3 is 2.45 bits per heavy atom. The van der Waals surface area contributed by atoms with Crippen molar-refractivity contribution >= 4 is 23.3 Å². The van der Waals surface area contributed by atoms with Crippen LogP contribution < -0.4 is 15.9 Å². The van der Waals surface area contributed by atoms with Gasteiger partial charge in [0, 0.05) is 11.9 Å². The van der Waals surface area contributed by atoms with Crippen LogP contribution in [0.4, 0.5) is 17.1 Å². The summed E-state index contributed by atoms with van der Waals surface area (Å²) >= 11 is 0. The number of benzene rings is 1. The Bertz CT molecular complexity index is 447. The topological polar surface area (TPSA) is 117 Å². The zero-order valence-corrected chi connectivity index (χ0v) is 11.4. The predicted molar refractivity (Wildman–Crippen MR) is 77.9 cm³/mol. The van der Waals surface area contributed by atoms with Gasteiger partial charge in [0.05, 0.1) is 5.69 Å². The third-order valence-electron chi connectivity index (χ3n) is 2.93. The summed E-state index contributed by atoms with van der Waals surface area (Å²) in [6.45, 7) is 4.08. The molecule has 0 unspecified atom stereocenters. The molecule has 0 aliphatic carbocycles. The molecular weight excluding hydrogens is 264 g/mol. The number of anilines is 3. The van der Waals surface area contributed by atoms with Crippen LogP contribution in [-0.4, -0.2) is 16.6 Å². The molecule has 1 aromatic rings. The first-order valence-corrected chi connectivity index (χ1v) is 6.25. The van der Waals surface area contributed by atoms with E-state index in [-0.39, 0.29) is 22.3 Å². The van der Waals surface area contributed by atoms with Crippen LogP contribution in [0.15, 0.2) is 23.3 Å². The van der Waals surface area contributed by atoms with E-state index in [1.165, 1.54) is 12.1 Å². The summed E-state index contributed by atoms with van der Waals surface area (Å²) in [6.07, 6.45) is 3.62. The normalized spacial score (nSPS) is 11.2. The molecular formula is C12H18N4O4-2. The van der Waals surface area contributed by atoms with Gasteiger partial charge in [0.15, 0.2) is 0 Å². The first-order chi connectivity index (χ1) is 9.49. The van der Waals surface area contributed by atoms with E-state index in [9.17, 15) is 10.4 Å². The predicted octanol–water partition coefficient (Wildman–Crippen LogP) is 2.91. The van der Waals surface area contributed by atoms with Crippen molar-refractivity contribution in [2.24, 2.45) is 11.0 Å². The molecule has 0 aliphatic heterocycles. The number of nitrogens with one attached hydrogen (secondary N) is 1. The smallest absolute Gasteiger partial charge is 0.121 e. The lowest BCUT2D eigenvalue weighted by atomic mass is 10.1. The van der Waals surface area contributed by atoms with Gasteiger partial charge >= 0.3 is 0 Å². The van der Waals surface area contributed by atoms with E-state index in [1.807, 2.05) is 13.8 Å². The zero-order valence-electron chi connectivity index (χ0n) is 11.4. The molecule has 1 rings (SSSR count). The molecule has 0 heterocycles. The average molecular weight is 282 g/mol. The second-order valence-corrected chi connectivity index (χ2v) is 4.21. The maximum atomic E-state index is 10.6. The van der Waals surface area contributed by atoms with Crippen molar-refractivity contribution in [3.05, 3.63) is 28.6 Å². The van der Waals surface area contributed by atoms with Crippen molar-refractivity contribution in [3.63, 3.8) is 0 Å². The van der Waals surface area contributed by atoms with Crippen LogP contribution in [0, 0.1) is 16.3 Å². The van der Waals surface area contributed by atoms with Crippen molar-refractivity contribution in [1.29, 1.82) is 0 Å². The van der Waals surface area contributed by atoms with Crippen molar-refractivity contribution < 1.29 is 10.4 Å². The van der Waals surface area contributed by atoms with Crippen LogP contribution in [0.2, 0.25) is 0 Å². The van der Waals surface area contributed by atoms with E-state index >= 15 is 0 Å². The Balaban J connectivity index is 2.89. The number of hydrogen-bond donors (Lipinski definition) is 3. The van der Waals surface area contributed by atoms with E-state index in [0.29, 0.717) is 5.92 Å². The molecule has 0 saturated heterocycles. The minimum Gasteiger partial charge on any atom is -0.769 e. The molecule has 0 amide bonds. The molecule has 0 atom stereocenters. The fourth-order valence-corrected chi connectivity index (χ4v) is 1.61. The average Bonchev–Trinajstić information content (AvgIpc) is 2.43. The Kier molecular flexibility index (Phi) is 6.19. The van der Waals surface area contributed by atoms with Crippen LogP contribution in [-0.2, 0) is 0 Å². The molecule has 20 heavy (non-hydrogen) atoms. The molecule has 112 valence electrons. The van der Waals surface area contributed by atoms with Crippen LogP contribution in [0.5, 0.6) is 0 Å². The van der Waals surface area contributed by atoms with Crippen molar-refractivity contribution in [1.82, 2.24) is 0 Å². The Hall–Kier alpha value is -1.87. The fraction of sp³-hybridized carbons (Fsp3) is 0.417. The highest BCUT2D eigenvalue weighted by atomic mass is 16.8. The van der Waals surface area contributed by atoms with Crippen molar-refractivity contribution in [3.8, 4) is 0 Å². The highest BCUT2D eigenvalue weighted by Gasteiger charge is 2.08. The van der Waals surface area contributed by atoms with Crippen LogP contribution in [0.25, 0.3) is 0 Å². The van der Waals surface area contributed by atoms with Crippen LogP contribution >= 0.6 is 0 Å². The second-order valence-electron chi connectivity index (χ2n) is 4.21. The van der Waals surface area contributed by atoms with Gasteiger partial charge in [-0.15, -0.1) is 5.23 Å². The summed E-state index contributed by atoms with van der Waals surface area (Å²) in [7, 11) is 0.